The second-order valence-electron chi connectivity index (χ2n) is 5.65. The van der Waals surface area contributed by atoms with E-state index in [0.29, 0.717) is 17.8 Å². The number of hydrogen-bond donors (Lipinski definition) is 0. The van der Waals surface area contributed by atoms with Crippen molar-refractivity contribution >= 4 is 22.8 Å². The summed E-state index contributed by atoms with van der Waals surface area (Å²) in [6, 6.07) is 8.73. The zero-order valence-corrected chi connectivity index (χ0v) is 14.9. The highest BCUT2D eigenvalue weighted by Crippen LogP contribution is 2.35. The van der Waals surface area contributed by atoms with Crippen LogP contribution in [0.5, 0.6) is 0 Å². The number of aryl methyl sites for hydroxylation is 1. The Balaban J connectivity index is 2.16. The number of benzene rings is 1. The summed E-state index contributed by atoms with van der Waals surface area (Å²) in [5.74, 6) is 1.40. The molecule has 8 heteroatoms. The SMILES string of the molecule is CCSc1cc(CC#N)ccc1-c1nc2cc(C(F)(F)F)ncc2n1C. The van der Waals surface area contributed by atoms with E-state index in [2.05, 4.69) is 16.0 Å². The molecule has 0 unspecified atom stereocenters. The molecule has 0 spiro atoms. The predicted octanol–water partition coefficient (Wildman–Crippen LogP) is 4.83. The fraction of sp³-hybridized carbons (Fsp3) is 0.278. The van der Waals surface area contributed by atoms with Gasteiger partial charge in [0.15, 0.2) is 0 Å². The first-order valence-electron chi connectivity index (χ1n) is 7.88. The lowest BCUT2D eigenvalue weighted by atomic mass is 10.1. The van der Waals surface area contributed by atoms with Crippen LogP contribution in [0.4, 0.5) is 13.2 Å². The maximum atomic E-state index is 12.9. The number of aromatic nitrogens is 3. The van der Waals surface area contributed by atoms with Crippen LogP contribution in [0.1, 0.15) is 18.2 Å². The summed E-state index contributed by atoms with van der Waals surface area (Å²) in [6.45, 7) is 2.01. The highest BCUT2D eigenvalue weighted by atomic mass is 32.2. The van der Waals surface area contributed by atoms with Gasteiger partial charge in [0.05, 0.1) is 29.7 Å². The van der Waals surface area contributed by atoms with Gasteiger partial charge in [0.25, 0.3) is 0 Å². The van der Waals surface area contributed by atoms with E-state index >= 15 is 0 Å². The number of alkyl halides is 3. The number of rotatable bonds is 4. The highest BCUT2D eigenvalue weighted by Gasteiger charge is 2.33. The molecule has 0 aliphatic carbocycles. The molecule has 0 N–H and O–H groups in total. The Morgan fingerprint density at radius 3 is 2.69 bits per heavy atom. The number of pyridine rings is 1. The highest BCUT2D eigenvalue weighted by molar-refractivity contribution is 7.99. The van der Waals surface area contributed by atoms with Crippen molar-refractivity contribution < 1.29 is 13.2 Å². The average Bonchev–Trinajstić information content (AvgIpc) is 2.91. The maximum Gasteiger partial charge on any atom is 0.433 e. The molecule has 0 radical (unpaired) electrons. The number of imidazole rings is 1. The number of thioether (sulfide) groups is 1. The lowest BCUT2D eigenvalue weighted by Crippen LogP contribution is -2.07. The van der Waals surface area contributed by atoms with Crippen LogP contribution in [0.15, 0.2) is 35.4 Å². The molecule has 1 aromatic carbocycles. The second-order valence-corrected chi connectivity index (χ2v) is 6.95. The molecule has 0 fully saturated rings. The Labute approximate surface area is 152 Å². The summed E-state index contributed by atoms with van der Waals surface area (Å²) in [7, 11) is 1.75. The van der Waals surface area contributed by atoms with E-state index in [9.17, 15) is 13.2 Å². The summed E-state index contributed by atoms with van der Waals surface area (Å²) >= 11 is 1.60. The van der Waals surface area contributed by atoms with E-state index in [1.807, 2.05) is 25.1 Å². The zero-order valence-electron chi connectivity index (χ0n) is 14.1. The van der Waals surface area contributed by atoms with Crippen LogP contribution in [0.25, 0.3) is 22.4 Å². The Hall–Kier alpha value is -2.53. The molecule has 2 aromatic heterocycles. The molecule has 134 valence electrons. The Kier molecular flexibility index (Phi) is 4.92. The summed E-state index contributed by atoms with van der Waals surface area (Å²) in [5, 5.41) is 8.89. The summed E-state index contributed by atoms with van der Waals surface area (Å²) in [4.78, 5) is 8.88. The maximum absolute atomic E-state index is 12.9. The number of hydrogen-bond acceptors (Lipinski definition) is 4. The van der Waals surface area contributed by atoms with Gasteiger partial charge in [-0.2, -0.15) is 18.4 Å². The van der Waals surface area contributed by atoms with Crippen LogP contribution in [-0.4, -0.2) is 20.3 Å². The van der Waals surface area contributed by atoms with Gasteiger partial charge >= 0.3 is 6.18 Å². The van der Waals surface area contributed by atoms with Gasteiger partial charge in [-0.25, -0.2) is 9.97 Å². The molecule has 2 heterocycles. The van der Waals surface area contributed by atoms with Crippen LogP contribution in [-0.2, 0) is 19.6 Å². The van der Waals surface area contributed by atoms with Gasteiger partial charge in [-0.1, -0.05) is 13.0 Å². The van der Waals surface area contributed by atoms with Gasteiger partial charge < -0.3 is 4.57 Å². The average molecular weight is 376 g/mol. The molecule has 0 atom stereocenters. The minimum atomic E-state index is -4.51. The van der Waals surface area contributed by atoms with Crippen molar-refractivity contribution in [3.05, 3.63) is 41.7 Å². The van der Waals surface area contributed by atoms with Crippen molar-refractivity contribution in [2.45, 2.75) is 24.4 Å². The first-order chi connectivity index (χ1) is 12.3. The molecule has 4 nitrogen and oxygen atoms in total. The first kappa shape index (κ1) is 18.3. The predicted molar refractivity (Wildman–Crippen MR) is 94.7 cm³/mol. The fourth-order valence-electron chi connectivity index (χ4n) is 2.71. The molecule has 26 heavy (non-hydrogen) atoms. The normalized spacial score (nSPS) is 11.7. The van der Waals surface area contributed by atoms with E-state index in [1.54, 1.807) is 23.4 Å². The van der Waals surface area contributed by atoms with Crippen LogP contribution in [0.2, 0.25) is 0 Å². The van der Waals surface area contributed by atoms with Gasteiger partial charge in [0.1, 0.15) is 11.5 Å². The molecule has 3 rings (SSSR count). The van der Waals surface area contributed by atoms with Gasteiger partial charge in [0, 0.05) is 17.5 Å². The minimum absolute atomic E-state index is 0.248. The smallest absolute Gasteiger partial charge is 0.326 e. The number of nitriles is 1. The van der Waals surface area contributed by atoms with Crippen LogP contribution in [0, 0.1) is 11.3 Å². The van der Waals surface area contributed by atoms with Crippen molar-refractivity contribution in [1.82, 2.24) is 14.5 Å². The van der Waals surface area contributed by atoms with Crippen molar-refractivity contribution in [3.63, 3.8) is 0 Å². The van der Waals surface area contributed by atoms with Crippen molar-refractivity contribution in [3.8, 4) is 17.5 Å². The molecule has 0 amide bonds. The standard InChI is InChI=1S/C18H15F3N4S/c1-3-26-15-8-11(6-7-22)4-5-12(15)17-24-13-9-16(18(19,20)21)23-10-14(13)25(17)2/h4-5,8-10H,3,6H2,1-2H3. The minimum Gasteiger partial charge on any atom is -0.326 e. The van der Waals surface area contributed by atoms with Gasteiger partial charge in [-0.15, -0.1) is 11.8 Å². The van der Waals surface area contributed by atoms with Crippen molar-refractivity contribution in [2.24, 2.45) is 7.05 Å². The number of nitrogens with zero attached hydrogens (tertiary/aromatic N) is 4. The quantitative estimate of drug-likeness (QED) is 0.612. The Bertz CT molecular complexity index is 1000. The van der Waals surface area contributed by atoms with Crippen molar-refractivity contribution in [1.29, 1.82) is 5.26 Å². The summed E-state index contributed by atoms with van der Waals surface area (Å²) in [5.41, 5.74) is 1.54. The van der Waals surface area contributed by atoms with E-state index < -0.39 is 11.9 Å². The van der Waals surface area contributed by atoms with E-state index in [1.165, 1.54) is 6.20 Å². The third-order valence-electron chi connectivity index (χ3n) is 3.93. The van der Waals surface area contributed by atoms with Crippen LogP contribution >= 0.6 is 11.8 Å². The van der Waals surface area contributed by atoms with Gasteiger partial charge in [-0.3, -0.25) is 0 Å². The third-order valence-corrected chi connectivity index (χ3v) is 4.87. The van der Waals surface area contributed by atoms with Crippen LogP contribution < -0.4 is 0 Å². The Morgan fingerprint density at radius 1 is 1.27 bits per heavy atom. The first-order valence-corrected chi connectivity index (χ1v) is 8.86. The Morgan fingerprint density at radius 2 is 2.04 bits per heavy atom. The number of halogens is 3. The molecule has 0 bridgehead atoms. The van der Waals surface area contributed by atoms with E-state index in [0.717, 1.165) is 27.8 Å². The molecule has 3 aromatic rings. The third kappa shape index (κ3) is 3.40. The largest absolute Gasteiger partial charge is 0.433 e. The molecular formula is C18H15F3N4S. The molecule has 0 saturated carbocycles. The number of fused-ring (bicyclic) bond motifs is 1. The van der Waals surface area contributed by atoms with E-state index in [4.69, 9.17) is 5.26 Å². The van der Waals surface area contributed by atoms with Crippen molar-refractivity contribution in [2.75, 3.05) is 5.75 Å². The van der Waals surface area contributed by atoms with Gasteiger partial charge in [0.2, 0.25) is 0 Å². The topological polar surface area (TPSA) is 54.5 Å². The monoisotopic (exact) mass is 376 g/mol. The molecule has 0 aliphatic heterocycles. The van der Waals surface area contributed by atoms with Gasteiger partial charge in [-0.05, 0) is 29.5 Å². The molecular weight excluding hydrogens is 361 g/mol. The molecule has 0 aliphatic rings. The van der Waals surface area contributed by atoms with E-state index in [-0.39, 0.29) is 5.52 Å². The summed E-state index contributed by atoms with van der Waals surface area (Å²) < 4.78 is 40.4. The lowest BCUT2D eigenvalue weighted by molar-refractivity contribution is -0.141. The lowest BCUT2D eigenvalue weighted by Gasteiger charge is -2.10. The molecule has 0 saturated heterocycles. The summed E-state index contributed by atoms with van der Waals surface area (Å²) in [6.07, 6.45) is -3.00. The zero-order chi connectivity index (χ0) is 18.9. The fourth-order valence-corrected chi connectivity index (χ4v) is 3.57. The van der Waals surface area contributed by atoms with Crippen LogP contribution in [0.3, 0.4) is 0 Å². The second kappa shape index (κ2) is 7.00.